The summed E-state index contributed by atoms with van der Waals surface area (Å²) in [4.78, 5) is 22.2. The molecule has 8 heteroatoms. The van der Waals surface area contributed by atoms with Crippen molar-refractivity contribution in [1.29, 1.82) is 0 Å². The smallest absolute Gasteiger partial charge is 0.316 e. The van der Waals surface area contributed by atoms with Crippen molar-refractivity contribution in [2.24, 2.45) is 0 Å². The Labute approximate surface area is 150 Å². The zero-order valence-corrected chi connectivity index (χ0v) is 14.6. The van der Waals surface area contributed by atoms with Gasteiger partial charge >= 0.3 is 6.01 Å². The van der Waals surface area contributed by atoms with Gasteiger partial charge in [-0.15, -0.1) is 0 Å². The van der Waals surface area contributed by atoms with Crippen LogP contribution in [0, 0.1) is 5.82 Å². The van der Waals surface area contributed by atoms with Crippen molar-refractivity contribution >= 4 is 5.91 Å². The molecule has 1 aromatic heterocycles. The van der Waals surface area contributed by atoms with Gasteiger partial charge in [0.25, 0.3) is 5.91 Å². The minimum Gasteiger partial charge on any atom is -0.497 e. The van der Waals surface area contributed by atoms with Crippen molar-refractivity contribution in [2.75, 3.05) is 27.3 Å². The molecule has 7 nitrogen and oxygen atoms in total. The fourth-order valence-electron chi connectivity index (χ4n) is 2.84. The highest BCUT2D eigenvalue weighted by Crippen LogP contribution is 2.25. The number of benzene rings is 1. The van der Waals surface area contributed by atoms with E-state index in [0.29, 0.717) is 30.2 Å². The summed E-state index contributed by atoms with van der Waals surface area (Å²) in [6.45, 7) is 1.03. The number of carbonyl (C=O) groups is 1. The standard InChI is InChI=1S/C18H20FN3O4/c1-24-15-6-12(7-16(8-15)25-2)17(23)22-5-3-4-14(11-22)26-18-20-9-13(19)10-21-18/h6-10,14H,3-5,11H2,1-2H3. The molecule has 1 amide bonds. The molecule has 0 N–H and O–H groups in total. The maximum absolute atomic E-state index is 12.9. The van der Waals surface area contributed by atoms with Gasteiger partial charge in [-0.1, -0.05) is 0 Å². The summed E-state index contributed by atoms with van der Waals surface area (Å²) < 4.78 is 29.0. The van der Waals surface area contributed by atoms with Crippen LogP contribution in [0.4, 0.5) is 4.39 Å². The number of hydrogen-bond acceptors (Lipinski definition) is 6. The first-order valence-electron chi connectivity index (χ1n) is 8.25. The van der Waals surface area contributed by atoms with Gasteiger partial charge in [0, 0.05) is 18.2 Å². The van der Waals surface area contributed by atoms with Crippen LogP contribution in [0.3, 0.4) is 0 Å². The van der Waals surface area contributed by atoms with Crippen molar-refractivity contribution in [2.45, 2.75) is 18.9 Å². The summed E-state index contributed by atoms with van der Waals surface area (Å²) in [6, 6.07) is 5.18. The van der Waals surface area contributed by atoms with Gasteiger partial charge in [-0.05, 0) is 25.0 Å². The van der Waals surface area contributed by atoms with Gasteiger partial charge < -0.3 is 19.1 Å². The van der Waals surface area contributed by atoms with Gasteiger partial charge in [-0.25, -0.2) is 14.4 Å². The zero-order valence-electron chi connectivity index (χ0n) is 14.6. The minimum absolute atomic E-state index is 0.105. The van der Waals surface area contributed by atoms with Crippen molar-refractivity contribution in [3.8, 4) is 17.5 Å². The Morgan fingerprint density at radius 1 is 1.15 bits per heavy atom. The molecule has 1 aromatic carbocycles. The first kappa shape index (κ1) is 17.9. The molecule has 1 saturated heterocycles. The predicted octanol–water partition coefficient (Wildman–Crippen LogP) is 2.32. The fourth-order valence-corrected chi connectivity index (χ4v) is 2.84. The molecule has 0 spiro atoms. The summed E-state index contributed by atoms with van der Waals surface area (Å²) in [5, 5.41) is 0. The van der Waals surface area contributed by atoms with Crippen LogP contribution in [-0.4, -0.2) is 54.2 Å². The van der Waals surface area contributed by atoms with E-state index >= 15 is 0 Å². The fraction of sp³-hybridized carbons (Fsp3) is 0.389. The van der Waals surface area contributed by atoms with Gasteiger partial charge in [-0.3, -0.25) is 4.79 Å². The van der Waals surface area contributed by atoms with Crippen molar-refractivity contribution in [3.63, 3.8) is 0 Å². The van der Waals surface area contributed by atoms with Crippen LogP contribution in [0.1, 0.15) is 23.2 Å². The molecule has 1 aliphatic heterocycles. The number of ether oxygens (including phenoxy) is 3. The number of likely N-dealkylation sites (tertiary alicyclic amines) is 1. The third-order valence-electron chi connectivity index (χ3n) is 4.13. The minimum atomic E-state index is -0.523. The highest BCUT2D eigenvalue weighted by atomic mass is 19.1. The number of amides is 1. The van der Waals surface area contributed by atoms with E-state index in [4.69, 9.17) is 14.2 Å². The average molecular weight is 361 g/mol. The van der Waals surface area contributed by atoms with E-state index in [-0.39, 0.29) is 18.0 Å². The first-order valence-corrected chi connectivity index (χ1v) is 8.25. The lowest BCUT2D eigenvalue weighted by Crippen LogP contribution is -2.44. The molecule has 0 bridgehead atoms. The molecule has 1 atom stereocenters. The van der Waals surface area contributed by atoms with Crippen molar-refractivity contribution in [3.05, 3.63) is 42.0 Å². The van der Waals surface area contributed by atoms with Crippen molar-refractivity contribution < 1.29 is 23.4 Å². The van der Waals surface area contributed by atoms with E-state index in [1.165, 1.54) is 14.2 Å². The van der Waals surface area contributed by atoms with E-state index < -0.39 is 5.82 Å². The summed E-state index contributed by atoms with van der Waals surface area (Å²) in [7, 11) is 3.08. The molecule has 0 saturated carbocycles. The largest absolute Gasteiger partial charge is 0.497 e. The number of carbonyl (C=O) groups excluding carboxylic acids is 1. The number of rotatable bonds is 5. The molecule has 26 heavy (non-hydrogen) atoms. The lowest BCUT2D eigenvalue weighted by atomic mass is 10.1. The number of piperidine rings is 1. The summed E-state index contributed by atoms with van der Waals surface area (Å²) in [5.74, 6) is 0.453. The maximum Gasteiger partial charge on any atom is 0.316 e. The molecule has 3 rings (SSSR count). The Morgan fingerprint density at radius 3 is 2.42 bits per heavy atom. The highest BCUT2D eigenvalue weighted by Gasteiger charge is 2.27. The Balaban J connectivity index is 1.70. The Kier molecular flexibility index (Phi) is 5.50. The molecule has 2 heterocycles. The SMILES string of the molecule is COc1cc(OC)cc(C(=O)N2CCCC(Oc3ncc(F)cn3)C2)c1. The molecule has 1 aliphatic rings. The van der Waals surface area contributed by atoms with Crippen LogP contribution in [0.2, 0.25) is 0 Å². The lowest BCUT2D eigenvalue weighted by molar-refractivity contribution is 0.0514. The molecule has 0 aliphatic carbocycles. The normalized spacial score (nSPS) is 16.9. The third-order valence-corrected chi connectivity index (χ3v) is 4.13. The number of aromatic nitrogens is 2. The molecule has 0 radical (unpaired) electrons. The second-order valence-corrected chi connectivity index (χ2v) is 5.92. The zero-order chi connectivity index (χ0) is 18.5. The van der Waals surface area contributed by atoms with E-state index in [1.54, 1.807) is 23.1 Å². The van der Waals surface area contributed by atoms with Gasteiger partial charge in [0.1, 0.15) is 17.6 Å². The van der Waals surface area contributed by atoms with Crippen LogP contribution in [-0.2, 0) is 0 Å². The molecule has 2 aromatic rings. The van der Waals surface area contributed by atoms with Crippen LogP contribution in [0.5, 0.6) is 17.5 Å². The average Bonchev–Trinajstić information content (AvgIpc) is 2.69. The maximum atomic E-state index is 12.9. The number of halogens is 1. The van der Waals surface area contributed by atoms with E-state index in [1.807, 2.05) is 0 Å². The number of hydrogen-bond donors (Lipinski definition) is 0. The van der Waals surface area contributed by atoms with Gasteiger partial charge in [0.05, 0.1) is 33.2 Å². The summed E-state index contributed by atoms with van der Waals surface area (Å²) in [5.41, 5.74) is 0.486. The molecular weight excluding hydrogens is 341 g/mol. The van der Waals surface area contributed by atoms with Crippen LogP contribution in [0.25, 0.3) is 0 Å². The van der Waals surface area contributed by atoms with Gasteiger partial charge in [0.2, 0.25) is 0 Å². The first-order chi connectivity index (χ1) is 12.6. The van der Waals surface area contributed by atoms with Crippen LogP contribution < -0.4 is 14.2 Å². The predicted molar refractivity (Wildman–Crippen MR) is 91.1 cm³/mol. The van der Waals surface area contributed by atoms with E-state index in [9.17, 15) is 9.18 Å². The Morgan fingerprint density at radius 2 is 1.81 bits per heavy atom. The lowest BCUT2D eigenvalue weighted by Gasteiger charge is -2.32. The summed E-state index contributed by atoms with van der Waals surface area (Å²) >= 11 is 0. The summed E-state index contributed by atoms with van der Waals surface area (Å²) in [6.07, 6.45) is 3.42. The third kappa shape index (κ3) is 4.19. The van der Waals surface area contributed by atoms with Gasteiger partial charge in [-0.2, -0.15) is 0 Å². The van der Waals surface area contributed by atoms with Gasteiger partial charge in [0.15, 0.2) is 5.82 Å². The second kappa shape index (κ2) is 7.99. The monoisotopic (exact) mass is 361 g/mol. The quantitative estimate of drug-likeness (QED) is 0.814. The van der Waals surface area contributed by atoms with Crippen LogP contribution >= 0.6 is 0 Å². The Hall–Kier alpha value is -2.90. The second-order valence-electron chi connectivity index (χ2n) is 5.92. The molecule has 138 valence electrons. The number of nitrogens with zero attached hydrogens (tertiary/aromatic N) is 3. The topological polar surface area (TPSA) is 73.8 Å². The molecule has 1 unspecified atom stereocenters. The van der Waals surface area contributed by atoms with E-state index in [0.717, 1.165) is 25.2 Å². The molecule has 1 fully saturated rings. The number of methoxy groups -OCH3 is 2. The molecular formula is C18H20FN3O4. The van der Waals surface area contributed by atoms with E-state index in [2.05, 4.69) is 9.97 Å². The Bertz CT molecular complexity index is 747. The highest BCUT2D eigenvalue weighted by molar-refractivity contribution is 5.95. The van der Waals surface area contributed by atoms with Crippen molar-refractivity contribution in [1.82, 2.24) is 14.9 Å². The van der Waals surface area contributed by atoms with Crippen LogP contribution in [0.15, 0.2) is 30.6 Å².